The maximum Gasteiger partial charge on any atom is 0.123 e. The third-order valence-electron chi connectivity index (χ3n) is 3.13. The van der Waals surface area contributed by atoms with Gasteiger partial charge in [0.25, 0.3) is 0 Å². The number of hydrogen-bond acceptors (Lipinski definition) is 3. The minimum Gasteiger partial charge on any atom is -0.330 e. The van der Waals surface area contributed by atoms with Crippen molar-refractivity contribution < 1.29 is 0 Å². The van der Waals surface area contributed by atoms with Crippen LogP contribution in [0.5, 0.6) is 0 Å². The number of benzene rings is 1. The fourth-order valence-electron chi connectivity index (χ4n) is 1.84. The highest BCUT2D eigenvalue weighted by molar-refractivity contribution is 7.15. The van der Waals surface area contributed by atoms with E-state index in [-0.39, 0.29) is 0 Å². The van der Waals surface area contributed by atoms with E-state index in [0.29, 0.717) is 5.92 Å². The lowest BCUT2D eigenvalue weighted by atomic mass is 10.1. The van der Waals surface area contributed by atoms with E-state index in [4.69, 9.17) is 5.73 Å². The standard InChI is InChI=1S/C15H20N2S/c1-10-4-6-13(7-5-10)15-17-12(3)14(18-15)8-11(2)9-16/h4-7,11H,8-9,16H2,1-3H3. The van der Waals surface area contributed by atoms with Crippen LogP contribution in [-0.4, -0.2) is 11.5 Å². The molecule has 0 aliphatic heterocycles. The Kier molecular flexibility index (Phi) is 4.15. The maximum absolute atomic E-state index is 5.69. The first kappa shape index (κ1) is 13.2. The topological polar surface area (TPSA) is 38.9 Å². The van der Waals surface area contributed by atoms with E-state index in [0.717, 1.165) is 23.7 Å². The van der Waals surface area contributed by atoms with Crippen LogP contribution >= 0.6 is 11.3 Å². The smallest absolute Gasteiger partial charge is 0.123 e. The Morgan fingerprint density at radius 1 is 1.22 bits per heavy atom. The minimum absolute atomic E-state index is 0.523. The van der Waals surface area contributed by atoms with Gasteiger partial charge in [-0.25, -0.2) is 4.98 Å². The molecule has 96 valence electrons. The highest BCUT2D eigenvalue weighted by atomic mass is 32.1. The van der Waals surface area contributed by atoms with Gasteiger partial charge in [-0.15, -0.1) is 11.3 Å². The molecule has 2 rings (SSSR count). The van der Waals surface area contributed by atoms with E-state index >= 15 is 0 Å². The van der Waals surface area contributed by atoms with Crippen LogP contribution in [0.1, 0.15) is 23.1 Å². The molecule has 0 amide bonds. The van der Waals surface area contributed by atoms with E-state index in [1.807, 2.05) is 0 Å². The molecule has 0 aliphatic carbocycles. The molecule has 0 bridgehead atoms. The van der Waals surface area contributed by atoms with Crippen molar-refractivity contribution in [3.8, 4) is 10.6 Å². The van der Waals surface area contributed by atoms with Crippen molar-refractivity contribution in [1.29, 1.82) is 0 Å². The van der Waals surface area contributed by atoms with Gasteiger partial charge in [0, 0.05) is 10.4 Å². The highest BCUT2D eigenvalue weighted by Gasteiger charge is 2.11. The quantitative estimate of drug-likeness (QED) is 0.913. The number of nitrogens with two attached hydrogens (primary N) is 1. The minimum atomic E-state index is 0.523. The van der Waals surface area contributed by atoms with Crippen LogP contribution in [0.15, 0.2) is 24.3 Å². The highest BCUT2D eigenvalue weighted by Crippen LogP contribution is 2.29. The Labute approximate surface area is 113 Å². The lowest BCUT2D eigenvalue weighted by molar-refractivity contribution is 0.596. The van der Waals surface area contributed by atoms with Crippen LogP contribution in [0.25, 0.3) is 10.6 Å². The summed E-state index contributed by atoms with van der Waals surface area (Å²) in [7, 11) is 0. The van der Waals surface area contributed by atoms with E-state index in [9.17, 15) is 0 Å². The molecule has 18 heavy (non-hydrogen) atoms. The SMILES string of the molecule is Cc1ccc(-c2nc(C)c(CC(C)CN)s2)cc1. The zero-order valence-corrected chi connectivity index (χ0v) is 12.1. The van der Waals surface area contributed by atoms with Crippen LogP contribution < -0.4 is 5.73 Å². The first-order valence-corrected chi connectivity index (χ1v) is 7.15. The fraction of sp³-hybridized carbons (Fsp3) is 0.400. The summed E-state index contributed by atoms with van der Waals surface area (Å²) in [6, 6.07) is 8.55. The molecule has 2 nitrogen and oxygen atoms in total. The lowest BCUT2D eigenvalue weighted by Gasteiger charge is -2.05. The first-order chi connectivity index (χ1) is 8.60. The second-order valence-electron chi connectivity index (χ2n) is 4.94. The maximum atomic E-state index is 5.69. The molecule has 0 aliphatic rings. The van der Waals surface area contributed by atoms with Crippen molar-refractivity contribution in [2.24, 2.45) is 11.7 Å². The Hall–Kier alpha value is -1.19. The first-order valence-electron chi connectivity index (χ1n) is 6.33. The average Bonchev–Trinajstić information content (AvgIpc) is 2.71. The zero-order valence-electron chi connectivity index (χ0n) is 11.2. The Bertz CT molecular complexity index is 514. The van der Waals surface area contributed by atoms with Gasteiger partial charge in [0.1, 0.15) is 5.01 Å². The fourth-order valence-corrected chi connectivity index (χ4v) is 3.07. The van der Waals surface area contributed by atoms with Crippen molar-refractivity contribution in [2.75, 3.05) is 6.54 Å². The Balaban J connectivity index is 2.25. The Morgan fingerprint density at radius 3 is 2.50 bits per heavy atom. The third-order valence-corrected chi connectivity index (χ3v) is 4.36. The van der Waals surface area contributed by atoms with Gasteiger partial charge in [0.2, 0.25) is 0 Å². The summed E-state index contributed by atoms with van der Waals surface area (Å²) in [4.78, 5) is 6.04. The number of nitrogens with zero attached hydrogens (tertiary/aromatic N) is 1. The second-order valence-corrected chi connectivity index (χ2v) is 6.02. The van der Waals surface area contributed by atoms with Crippen molar-refractivity contribution in [1.82, 2.24) is 4.98 Å². The summed E-state index contributed by atoms with van der Waals surface area (Å²) in [5.74, 6) is 0.523. The Morgan fingerprint density at radius 2 is 1.89 bits per heavy atom. The van der Waals surface area contributed by atoms with E-state index in [1.165, 1.54) is 16.0 Å². The number of thiazole rings is 1. The van der Waals surface area contributed by atoms with Gasteiger partial charge < -0.3 is 5.73 Å². The number of hydrogen-bond donors (Lipinski definition) is 1. The molecule has 3 heteroatoms. The van der Waals surface area contributed by atoms with Crippen LogP contribution in [-0.2, 0) is 6.42 Å². The molecule has 2 aromatic rings. The molecule has 1 aromatic heterocycles. The summed E-state index contributed by atoms with van der Waals surface area (Å²) >= 11 is 1.80. The van der Waals surface area contributed by atoms with E-state index in [1.54, 1.807) is 11.3 Å². The molecule has 0 saturated heterocycles. The van der Waals surface area contributed by atoms with Gasteiger partial charge in [-0.3, -0.25) is 0 Å². The lowest BCUT2D eigenvalue weighted by Crippen LogP contribution is -2.12. The van der Waals surface area contributed by atoms with Crippen LogP contribution in [0.3, 0.4) is 0 Å². The van der Waals surface area contributed by atoms with Crippen LogP contribution in [0.2, 0.25) is 0 Å². The summed E-state index contributed by atoms with van der Waals surface area (Å²) in [5.41, 5.74) is 9.33. The van der Waals surface area contributed by atoms with Crippen LogP contribution in [0.4, 0.5) is 0 Å². The molecule has 0 spiro atoms. The molecule has 0 saturated carbocycles. The molecule has 1 heterocycles. The summed E-state index contributed by atoms with van der Waals surface area (Å²) in [6.45, 7) is 7.11. The van der Waals surface area contributed by atoms with Crippen LogP contribution in [0, 0.1) is 19.8 Å². The van der Waals surface area contributed by atoms with E-state index < -0.39 is 0 Å². The number of rotatable bonds is 4. The van der Waals surface area contributed by atoms with Crippen molar-refractivity contribution >= 4 is 11.3 Å². The number of aromatic nitrogens is 1. The summed E-state index contributed by atoms with van der Waals surface area (Å²) in [6.07, 6.45) is 1.03. The van der Waals surface area contributed by atoms with Crippen molar-refractivity contribution in [3.05, 3.63) is 40.4 Å². The van der Waals surface area contributed by atoms with Crippen molar-refractivity contribution in [2.45, 2.75) is 27.2 Å². The van der Waals surface area contributed by atoms with Crippen molar-refractivity contribution in [3.63, 3.8) is 0 Å². The second kappa shape index (κ2) is 5.63. The van der Waals surface area contributed by atoms with Gasteiger partial charge >= 0.3 is 0 Å². The van der Waals surface area contributed by atoms with Gasteiger partial charge in [-0.1, -0.05) is 36.8 Å². The monoisotopic (exact) mass is 260 g/mol. The van der Waals surface area contributed by atoms with Gasteiger partial charge in [-0.2, -0.15) is 0 Å². The molecular formula is C15H20N2S. The molecule has 0 fully saturated rings. The molecule has 0 radical (unpaired) electrons. The van der Waals surface area contributed by atoms with Gasteiger partial charge in [-0.05, 0) is 32.7 Å². The molecule has 1 unspecified atom stereocenters. The molecule has 1 atom stereocenters. The molecule has 2 N–H and O–H groups in total. The normalized spacial score (nSPS) is 12.7. The predicted octanol–water partition coefficient (Wildman–Crippen LogP) is 3.56. The van der Waals surface area contributed by atoms with E-state index in [2.05, 4.69) is 50.0 Å². The van der Waals surface area contributed by atoms with Gasteiger partial charge in [0.15, 0.2) is 0 Å². The summed E-state index contributed by atoms with van der Waals surface area (Å²) in [5, 5.41) is 1.12. The summed E-state index contributed by atoms with van der Waals surface area (Å²) < 4.78 is 0. The number of aryl methyl sites for hydroxylation is 2. The largest absolute Gasteiger partial charge is 0.330 e. The zero-order chi connectivity index (χ0) is 13.1. The average molecular weight is 260 g/mol. The third kappa shape index (κ3) is 2.98. The predicted molar refractivity (Wildman–Crippen MR) is 78.9 cm³/mol. The van der Waals surface area contributed by atoms with Gasteiger partial charge in [0.05, 0.1) is 5.69 Å². The molecule has 1 aromatic carbocycles. The molecular weight excluding hydrogens is 240 g/mol.